The van der Waals surface area contributed by atoms with Gasteiger partial charge in [0.1, 0.15) is 10.8 Å². The predicted octanol–water partition coefficient (Wildman–Crippen LogP) is 3.02. The minimum absolute atomic E-state index is 0. The molecule has 0 amide bonds. The molecule has 1 rings (SSSR count). The van der Waals surface area contributed by atoms with Crippen LogP contribution in [0.3, 0.4) is 0 Å². The van der Waals surface area contributed by atoms with Gasteiger partial charge in [-0.3, -0.25) is 0 Å². The molecule has 0 spiro atoms. The van der Waals surface area contributed by atoms with Crippen molar-refractivity contribution in [3.8, 4) is 5.75 Å². The Balaban J connectivity index is 0.00000324. The lowest BCUT2D eigenvalue weighted by molar-refractivity contribution is -0.149. The number of carbonyl (C=O) groups excluding carboxylic acids is 1. The van der Waals surface area contributed by atoms with Crippen LogP contribution in [-0.2, 0) is 9.53 Å². The highest BCUT2D eigenvalue weighted by Crippen LogP contribution is 2.37. The first-order valence-electron chi connectivity index (χ1n) is 5.13. The summed E-state index contributed by atoms with van der Waals surface area (Å²) in [6.45, 7) is 1.59. The molecular weight excluding hydrogens is 319 g/mol. The number of aromatic hydroxyl groups is 1. The number of hydrogen-bond donors (Lipinski definition) is 2. The second-order valence-electron chi connectivity index (χ2n) is 3.48. The average molecular weight is 333 g/mol. The van der Waals surface area contributed by atoms with Crippen molar-refractivity contribution in [2.24, 2.45) is 5.73 Å². The Kier molecular flexibility index (Phi) is 7.44. The number of esters is 1. The van der Waals surface area contributed by atoms with Crippen LogP contribution in [0.15, 0.2) is 12.1 Å². The number of halogens is 4. The summed E-state index contributed by atoms with van der Waals surface area (Å²) in [7, 11) is 0. The Bertz CT molecular complexity index is 459. The Hall–Kier alpha value is -0.750. The largest absolute Gasteiger partial charge is 0.506 e. The van der Waals surface area contributed by atoms with Crippen molar-refractivity contribution in [2.45, 2.75) is 19.1 Å². The minimum Gasteiger partial charge on any atom is -0.506 e. The summed E-state index contributed by atoms with van der Waals surface area (Å²) in [5.41, 5.74) is 5.54. The van der Waals surface area contributed by atoms with Gasteiger partial charge in [-0.25, -0.2) is 9.18 Å². The maximum absolute atomic E-state index is 13.7. The molecular formula is C11H13Cl3FNO3. The molecule has 19 heavy (non-hydrogen) atoms. The summed E-state index contributed by atoms with van der Waals surface area (Å²) in [4.78, 5) is 11.2. The molecule has 8 heteroatoms. The van der Waals surface area contributed by atoms with E-state index in [2.05, 4.69) is 4.74 Å². The van der Waals surface area contributed by atoms with Crippen molar-refractivity contribution in [3.63, 3.8) is 0 Å². The van der Waals surface area contributed by atoms with E-state index < -0.39 is 23.9 Å². The van der Waals surface area contributed by atoms with Crippen LogP contribution >= 0.6 is 35.6 Å². The van der Waals surface area contributed by atoms with Crippen molar-refractivity contribution < 1.29 is 19.0 Å². The second-order valence-corrected chi connectivity index (χ2v) is 4.26. The molecule has 0 aliphatic heterocycles. The normalized spacial score (nSPS) is 13.3. The minimum atomic E-state index is -2.09. The van der Waals surface area contributed by atoms with Crippen molar-refractivity contribution in [1.29, 1.82) is 0 Å². The highest BCUT2D eigenvalue weighted by molar-refractivity contribution is 6.43. The Morgan fingerprint density at radius 1 is 1.53 bits per heavy atom. The maximum Gasteiger partial charge on any atom is 0.342 e. The highest BCUT2D eigenvalue weighted by Gasteiger charge is 2.30. The molecule has 0 aliphatic carbocycles. The molecule has 2 atom stereocenters. The van der Waals surface area contributed by atoms with Crippen LogP contribution in [0.1, 0.15) is 18.5 Å². The summed E-state index contributed by atoms with van der Waals surface area (Å²) in [6.07, 6.45) is -2.09. The third-order valence-electron chi connectivity index (χ3n) is 2.29. The van der Waals surface area contributed by atoms with Gasteiger partial charge >= 0.3 is 5.97 Å². The van der Waals surface area contributed by atoms with Gasteiger partial charge in [-0.2, -0.15) is 0 Å². The lowest BCUT2D eigenvalue weighted by Gasteiger charge is -2.17. The number of hydrogen-bond acceptors (Lipinski definition) is 4. The monoisotopic (exact) mass is 331 g/mol. The zero-order valence-electron chi connectivity index (χ0n) is 9.90. The summed E-state index contributed by atoms with van der Waals surface area (Å²) in [5, 5.41) is 9.66. The summed E-state index contributed by atoms with van der Waals surface area (Å²) >= 11 is 11.4. The van der Waals surface area contributed by atoms with Gasteiger partial charge in [-0.05, 0) is 13.0 Å². The first kappa shape index (κ1) is 18.2. The molecule has 1 unspecified atom stereocenters. The van der Waals surface area contributed by atoms with Crippen LogP contribution in [-0.4, -0.2) is 23.9 Å². The summed E-state index contributed by atoms with van der Waals surface area (Å²) in [6, 6.07) is 1.29. The third-order valence-corrected chi connectivity index (χ3v) is 3.08. The summed E-state index contributed by atoms with van der Waals surface area (Å²) in [5.74, 6) is -1.53. The number of benzene rings is 1. The van der Waals surface area contributed by atoms with Crippen molar-refractivity contribution in [1.82, 2.24) is 0 Å². The van der Waals surface area contributed by atoms with Gasteiger partial charge < -0.3 is 15.6 Å². The molecule has 0 fully saturated rings. The number of alkyl halides is 1. The SMILES string of the molecule is CCOC(=O)C(F)[C@@H](N)c1ccc(Cl)c(Cl)c1O.Cl. The Morgan fingerprint density at radius 3 is 2.63 bits per heavy atom. The number of ether oxygens (including phenoxy) is 1. The van der Waals surface area contributed by atoms with Crippen molar-refractivity contribution >= 4 is 41.6 Å². The lowest BCUT2D eigenvalue weighted by Crippen LogP contribution is -2.31. The van der Waals surface area contributed by atoms with Gasteiger partial charge in [0.05, 0.1) is 17.7 Å². The topological polar surface area (TPSA) is 72.5 Å². The molecule has 1 aromatic carbocycles. The second kappa shape index (κ2) is 7.75. The number of nitrogens with two attached hydrogens (primary N) is 1. The first-order chi connectivity index (χ1) is 8.40. The maximum atomic E-state index is 13.7. The van der Waals surface area contributed by atoms with E-state index in [4.69, 9.17) is 28.9 Å². The van der Waals surface area contributed by atoms with Crippen LogP contribution in [0, 0.1) is 0 Å². The van der Waals surface area contributed by atoms with Gasteiger partial charge in [-0.1, -0.05) is 29.3 Å². The number of phenolic OH excluding ortho intramolecular Hbond substituents is 1. The molecule has 0 saturated carbocycles. The molecule has 0 bridgehead atoms. The summed E-state index contributed by atoms with van der Waals surface area (Å²) < 4.78 is 18.2. The van der Waals surface area contributed by atoms with E-state index in [1.807, 2.05) is 0 Å². The highest BCUT2D eigenvalue weighted by atomic mass is 35.5. The standard InChI is InChI=1S/C11H12Cl2FNO3.ClH/c1-2-18-11(17)8(14)9(15)5-3-4-6(12)7(13)10(5)16;/h3-4,8-9,16H,2,15H2,1H3;1H/t8?,9-;/m0./s1. The number of carbonyl (C=O) groups is 1. The number of rotatable bonds is 4. The number of phenols is 1. The molecule has 0 aromatic heterocycles. The van der Waals surface area contributed by atoms with E-state index in [9.17, 15) is 14.3 Å². The van der Waals surface area contributed by atoms with Gasteiger partial charge in [-0.15, -0.1) is 12.4 Å². The third kappa shape index (κ3) is 4.11. The van der Waals surface area contributed by atoms with Crippen LogP contribution < -0.4 is 5.73 Å². The molecule has 108 valence electrons. The Labute approximate surface area is 126 Å². The molecule has 0 aliphatic rings. The lowest BCUT2D eigenvalue weighted by atomic mass is 10.0. The first-order valence-corrected chi connectivity index (χ1v) is 5.88. The van der Waals surface area contributed by atoms with Crippen LogP contribution in [0.4, 0.5) is 4.39 Å². The van der Waals surface area contributed by atoms with E-state index in [1.165, 1.54) is 12.1 Å². The fraction of sp³-hybridized carbons (Fsp3) is 0.364. The molecule has 0 radical (unpaired) electrons. The van der Waals surface area contributed by atoms with Gasteiger partial charge in [0.2, 0.25) is 6.17 Å². The molecule has 0 heterocycles. The van der Waals surface area contributed by atoms with Crippen molar-refractivity contribution in [2.75, 3.05) is 6.61 Å². The molecule has 1 aromatic rings. The van der Waals surface area contributed by atoms with Gasteiger partial charge in [0.15, 0.2) is 0 Å². The Morgan fingerprint density at radius 2 is 2.11 bits per heavy atom. The van der Waals surface area contributed by atoms with Crippen LogP contribution in [0.25, 0.3) is 0 Å². The van der Waals surface area contributed by atoms with E-state index >= 15 is 0 Å². The quantitative estimate of drug-likeness (QED) is 0.831. The van der Waals surface area contributed by atoms with Gasteiger partial charge in [0.25, 0.3) is 0 Å². The smallest absolute Gasteiger partial charge is 0.342 e. The fourth-order valence-corrected chi connectivity index (χ4v) is 1.67. The average Bonchev–Trinajstić information content (AvgIpc) is 2.35. The van der Waals surface area contributed by atoms with E-state index in [0.29, 0.717) is 0 Å². The van der Waals surface area contributed by atoms with E-state index in [-0.39, 0.29) is 34.6 Å². The van der Waals surface area contributed by atoms with Crippen LogP contribution in [0.5, 0.6) is 5.75 Å². The van der Waals surface area contributed by atoms with Gasteiger partial charge in [0, 0.05) is 5.56 Å². The predicted molar refractivity (Wildman–Crippen MR) is 73.8 cm³/mol. The van der Waals surface area contributed by atoms with Crippen molar-refractivity contribution in [3.05, 3.63) is 27.7 Å². The molecule has 4 nitrogen and oxygen atoms in total. The molecule has 3 N–H and O–H groups in total. The van der Waals surface area contributed by atoms with E-state index in [1.54, 1.807) is 6.92 Å². The fourth-order valence-electron chi connectivity index (χ4n) is 1.35. The molecule has 0 saturated heterocycles. The van der Waals surface area contributed by atoms with E-state index in [0.717, 1.165) is 0 Å². The van der Waals surface area contributed by atoms with Crippen LogP contribution in [0.2, 0.25) is 10.0 Å². The zero-order chi connectivity index (χ0) is 13.9. The zero-order valence-corrected chi connectivity index (χ0v) is 12.2.